The number of fused-ring (bicyclic) bond motifs is 1. The average molecular weight is 513 g/mol. The summed E-state index contributed by atoms with van der Waals surface area (Å²) in [5, 5.41) is 0.623. The van der Waals surface area contributed by atoms with Crippen LogP contribution in [0.2, 0.25) is 5.02 Å². The topological polar surface area (TPSA) is 96.0 Å². The molecular formula is C24H21ClN4O3S2. The summed E-state index contributed by atoms with van der Waals surface area (Å²) < 4.78 is 25.9. The number of aromatic amines is 1. The van der Waals surface area contributed by atoms with Gasteiger partial charge in [0.15, 0.2) is 0 Å². The number of nitrogens with one attached hydrogen (secondary N) is 1. The highest BCUT2D eigenvalue weighted by Crippen LogP contribution is 2.27. The molecule has 2 aromatic carbocycles. The number of aryl methyl sites for hydroxylation is 1. The van der Waals surface area contributed by atoms with Crippen molar-refractivity contribution in [2.75, 3.05) is 6.54 Å². The monoisotopic (exact) mass is 512 g/mol. The normalized spacial score (nSPS) is 14.2. The van der Waals surface area contributed by atoms with E-state index in [0.29, 0.717) is 42.5 Å². The van der Waals surface area contributed by atoms with Gasteiger partial charge in [-0.25, -0.2) is 18.4 Å². The first-order chi connectivity index (χ1) is 16.3. The zero-order chi connectivity index (χ0) is 23.9. The van der Waals surface area contributed by atoms with E-state index in [9.17, 15) is 13.2 Å². The molecular weight excluding hydrogens is 492 g/mol. The molecule has 3 heterocycles. The summed E-state index contributed by atoms with van der Waals surface area (Å²) in [7, 11) is -3.65. The Morgan fingerprint density at radius 1 is 1.12 bits per heavy atom. The minimum absolute atomic E-state index is 0.0795. The summed E-state index contributed by atoms with van der Waals surface area (Å²) in [6, 6.07) is 13.9. The molecule has 174 valence electrons. The van der Waals surface area contributed by atoms with Gasteiger partial charge >= 0.3 is 0 Å². The van der Waals surface area contributed by atoms with Crippen LogP contribution in [0, 0.1) is 6.92 Å². The first kappa shape index (κ1) is 22.9. The predicted molar refractivity (Wildman–Crippen MR) is 132 cm³/mol. The van der Waals surface area contributed by atoms with Gasteiger partial charge in [-0.2, -0.15) is 0 Å². The van der Waals surface area contributed by atoms with Crippen molar-refractivity contribution in [1.29, 1.82) is 0 Å². The number of halogens is 1. The highest BCUT2D eigenvalue weighted by Gasteiger charge is 2.25. The van der Waals surface area contributed by atoms with Crippen molar-refractivity contribution in [3.63, 3.8) is 0 Å². The molecule has 1 aliphatic heterocycles. The number of hydrogen-bond donors (Lipinski definition) is 1. The Labute approximate surface area is 206 Å². The van der Waals surface area contributed by atoms with Gasteiger partial charge in [0, 0.05) is 47.7 Å². The molecule has 34 heavy (non-hydrogen) atoms. The first-order valence-corrected chi connectivity index (χ1v) is 13.3. The van der Waals surface area contributed by atoms with Crippen LogP contribution in [0.3, 0.4) is 0 Å². The Balaban J connectivity index is 1.33. The molecule has 0 radical (unpaired) electrons. The van der Waals surface area contributed by atoms with Gasteiger partial charge in [-0.3, -0.25) is 9.69 Å². The molecule has 1 N–H and O–H groups in total. The minimum Gasteiger partial charge on any atom is -0.306 e. The highest BCUT2D eigenvalue weighted by molar-refractivity contribution is 7.93. The summed E-state index contributed by atoms with van der Waals surface area (Å²) in [6.07, 6.45) is 2.24. The third-order valence-electron chi connectivity index (χ3n) is 5.74. The molecule has 10 heteroatoms. The van der Waals surface area contributed by atoms with Crippen molar-refractivity contribution in [3.8, 4) is 11.4 Å². The molecule has 0 saturated heterocycles. The van der Waals surface area contributed by atoms with Crippen LogP contribution in [0.4, 0.5) is 0 Å². The standard InChI is InChI=1S/C24H21ClN4O3S2/c1-15-2-8-19(9-3-15)34(31,32)24-26-12-18(33-24)13-29-11-10-21-20(14-29)23(30)28-22(27-21)16-4-6-17(25)7-5-16/h2-9,12H,10-11,13-14H2,1H3,(H,27,28,30). The quantitative estimate of drug-likeness (QED) is 0.429. The maximum atomic E-state index is 12.9. The molecule has 0 spiro atoms. The van der Waals surface area contributed by atoms with Crippen LogP contribution >= 0.6 is 22.9 Å². The fourth-order valence-electron chi connectivity index (χ4n) is 3.89. The minimum atomic E-state index is -3.65. The molecule has 0 bridgehead atoms. The molecule has 0 unspecified atom stereocenters. The molecule has 4 aromatic rings. The molecule has 2 aromatic heterocycles. The Kier molecular flexibility index (Phi) is 6.11. The van der Waals surface area contributed by atoms with Gasteiger partial charge in [0.25, 0.3) is 5.56 Å². The van der Waals surface area contributed by atoms with E-state index in [1.165, 1.54) is 11.3 Å². The van der Waals surface area contributed by atoms with Crippen LogP contribution in [0.25, 0.3) is 11.4 Å². The number of nitrogens with zero attached hydrogens (tertiary/aromatic N) is 3. The van der Waals surface area contributed by atoms with E-state index < -0.39 is 9.84 Å². The maximum Gasteiger partial charge on any atom is 0.255 e. The van der Waals surface area contributed by atoms with Crippen LogP contribution in [0.1, 0.15) is 21.7 Å². The van der Waals surface area contributed by atoms with E-state index in [0.717, 1.165) is 21.7 Å². The number of thiazole rings is 1. The molecule has 0 amide bonds. The zero-order valence-electron chi connectivity index (χ0n) is 18.3. The van der Waals surface area contributed by atoms with Crippen LogP contribution in [0.15, 0.2) is 68.8 Å². The number of rotatable bonds is 5. The number of benzene rings is 2. The second-order valence-corrected chi connectivity index (χ2v) is 11.9. The van der Waals surface area contributed by atoms with Crippen LogP contribution in [0.5, 0.6) is 0 Å². The lowest BCUT2D eigenvalue weighted by molar-refractivity contribution is 0.244. The first-order valence-electron chi connectivity index (χ1n) is 10.7. The van der Waals surface area contributed by atoms with Gasteiger partial charge in [-0.1, -0.05) is 29.3 Å². The van der Waals surface area contributed by atoms with Crippen molar-refractivity contribution in [3.05, 3.63) is 91.8 Å². The van der Waals surface area contributed by atoms with Crippen molar-refractivity contribution in [2.45, 2.75) is 35.7 Å². The second kappa shape index (κ2) is 9.07. The summed E-state index contributed by atoms with van der Waals surface area (Å²) in [4.78, 5) is 27.7. The summed E-state index contributed by atoms with van der Waals surface area (Å²) in [5.41, 5.74) is 3.07. The lowest BCUT2D eigenvalue weighted by atomic mass is 10.1. The molecule has 0 aliphatic carbocycles. The smallest absolute Gasteiger partial charge is 0.255 e. The average Bonchev–Trinajstić information content (AvgIpc) is 3.29. The Morgan fingerprint density at radius 3 is 2.59 bits per heavy atom. The van der Waals surface area contributed by atoms with Crippen molar-refractivity contribution < 1.29 is 8.42 Å². The van der Waals surface area contributed by atoms with Gasteiger partial charge in [0.2, 0.25) is 14.2 Å². The van der Waals surface area contributed by atoms with Crippen molar-refractivity contribution >= 4 is 32.8 Å². The van der Waals surface area contributed by atoms with Gasteiger partial charge in [-0.15, -0.1) is 11.3 Å². The van der Waals surface area contributed by atoms with E-state index in [2.05, 4.69) is 19.9 Å². The van der Waals surface area contributed by atoms with Crippen LogP contribution in [-0.4, -0.2) is 34.8 Å². The largest absolute Gasteiger partial charge is 0.306 e. The molecule has 0 saturated carbocycles. The van der Waals surface area contributed by atoms with E-state index in [-0.39, 0.29) is 14.8 Å². The lowest BCUT2D eigenvalue weighted by Gasteiger charge is -2.27. The van der Waals surface area contributed by atoms with E-state index in [1.807, 2.05) is 19.1 Å². The summed E-state index contributed by atoms with van der Waals surface area (Å²) in [5.74, 6) is 0.530. The number of sulfone groups is 1. The number of aromatic nitrogens is 3. The van der Waals surface area contributed by atoms with Gasteiger partial charge < -0.3 is 4.98 Å². The van der Waals surface area contributed by atoms with E-state index in [4.69, 9.17) is 11.6 Å². The van der Waals surface area contributed by atoms with Gasteiger partial charge in [0.1, 0.15) is 5.82 Å². The van der Waals surface area contributed by atoms with Gasteiger partial charge in [0.05, 0.1) is 16.2 Å². The van der Waals surface area contributed by atoms with Gasteiger partial charge in [-0.05, 0) is 43.3 Å². The Bertz CT molecular complexity index is 1510. The molecule has 7 nitrogen and oxygen atoms in total. The van der Waals surface area contributed by atoms with E-state index >= 15 is 0 Å². The van der Waals surface area contributed by atoms with Crippen molar-refractivity contribution in [1.82, 2.24) is 19.9 Å². The summed E-state index contributed by atoms with van der Waals surface area (Å²) in [6.45, 7) is 3.57. The Morgan fingerprint density at radius 2 is 1.85 bits per heavy atom. The Hall–Kier alpha value is -2.85. The third-order valence-corrected chi connectivity index (χ3v) is 9.13. The number of hydrogen-bond acceptors (Lipinski definition) is 7. The molecule has 0 atom stereocenters. The molecule has 0 fully saturated rings. The summed E-state index contributed by atoms with van der Waals surface area (Å²) >= 11 is 7.12. The fraction of sp³-hybridized carbons (Fsp3) is 0.208. The molecule has 5 rings (SSSR count). The van der Waals surface area contributed by atoms with Crippen molar-refractivity contribution in [2.24, 2.45) is 0 Å². The second-order valence-electron chi connectivity index (χ2n) is 8.22. The van der Waals surface area contributed by atoms with Crippen LogP contribution in [-0.2, 0) is 29.3 Å². The zero-order valence-corrected chi connectivity index (χ0v) is 20.7. The van der Waals surface area contributed by atoms with Crippen LogP contribution < -0.4 is 5.56 Å². The number of H-pyrrole nitrogens is 1. The SMILES string of the molecule is Cc1ccc(S(=O)(=O)c2ncc(CN3CCc4nc(-c5ccc(Cl)cc5)[nH]c(=O)c4C3)s2)cc1. The molecule has 1 aliphatic rings. The lowest BCUT2D eigenvalue weighted by Crippen LogP contribution is -2.35. The van der Waals surface area contributed by atoms with E-state index in [1.54, 1.807) is 42.6 Å². The maximum absolute atomic E-state index is 12.9. The highest BCUT2D eigenvalue weighted by atomic mass is 35.5. The predicted octanol–water partition coefficient (Wildman–Crippen LogP) is 4.25. The third kappa shape index (κ3) is 4.56. The fourth-order valence-corrected chi connectivity index (χ4v) is 6.63.